The summed E-state index contributed by atoms with van der Waals surface area (Å²) in [5.41, 5.74) is 2.37. The van der Waals surface area contributed by atoms with Crippen molar-refractivity contribution >= 4 is 11.9 Å². The van der Waals surface area contributed by atoms with Gasteiger partial charge in [-0.15, -0.1) is 6.58 Å². The summed E-state index contributed by atoms with van der Waals surface area (Å²) in [5, 5.41) is 3.38. The van der Waals surface area contributed by atoms with Crippen molar-refractivity contribution in [1.82, 2.24) is 15.1 Å². The largest absolute Gasteiger partial charge is 0.357 e. The first-order valence-corrected chi connectivity index (χ1v) is 10.6. The Hall–Kier alpha value is -2.30. The number of rotatable bonds is 11. The molecule has 0 bridgehead atoms. The number of likely N-dealkylation sites (tertiary alicyclic amines) is 1. The number of benzene rings is 1. The molecule has 0 unspecified atom stereocenters. The second-order valence-corrected chi connectivity index (χ2v) is 7.47. The molecule has 2 rings (SSSR count). The Morgan fingerprint density at radius 3 is 2.64 bits per heavy atom. The molecule has 5 nitrogen and oxygen atoms in total. The second kappa shape index (κ2) is 12.2. The maximum atomic E-state index is 11.8. The summed E-state index contributed by atoms with van der Waals surface area (Å²) in [6.07, 6.45) is 8.36. The molecule has 1 aliphatic heterocycles. The molecule has 1 fully saturated rings. The number of aliphatic imine (C=N–C) groups is 1. The lowest BCUT2D eigenvalue weighted by molar-refractivity contribution is -0.128. The number of nitrogens with one attached hydrogen (secondary N) is 1. The van der Waals surface area contributed by atoms with E-state index in [0.29, 0.717) is 13.0 Å². The van der Waals surface area contributed by atoms with Crippen molar-refractivity contribution in [3.8, 4) is 0 Å². The van der Waals surface area contributed by atoms with Crippen LogP contribution < -0.4 is 5.32 Å². The molecule has 154 valence electrons. The number of guanidine groups is 1. The first-order valence-electron chi connectivity index (χ1n) is 10.6. The topological polar surface area (TPSA) is 47.9 Å². The highest BCUT2D eigenvalue weighted by atomic mass is 16.2. The van der Waals surface area contributed by atoms with E-state index in [1.807, 2.05) is 11.0 Å². The van der Waals surface area contributed by atoms with Gasteiger partial charge in [0.15, 0.2) is 5.96 Å². The zero-order valence-electron chi connectivity index (χ0n) is 17.6. The Bertz CT molecular complexity index is 639. The third kappa shape index (κ3) is 7.37. The average Bonchev–Trinajstić information content (AvgIpc) is 3.10. The van der Waals surface area contributed by atoms with Crippen LogP contribution in [-0.4, -0.2) is 48.3 Å². The normalized spacial score (nSPS) is 14.4. The smallest absolute Gasteiger partial charge is 0.222 e. The molecular weight excluding hydrogens is 348 g/mol. The number of allylic oxidation sites excluding steroid dienone is 1. The van der Waals surface area contributed by atoms with Gasteiger partial charge in [-0.05, 0) is 43.7 Å². The number of carbonyl (C=O) groups is 1. The maximum absolute atomic E-state index is 11.8. The molecule has 0 aromatic heterocycles. The molecular formula is C23H36N4O. The molecule has 5 heteroatoms. The maximum Gasteiger partial charge on any atom is 0.222 e. The van der Waals surface area contributed by atoms with Crippen LogP contribution in [0.25, 0.3) is 0 Å². The second-order valence-electron chi connectivity index (χ2n) is 7.47. The van der Waals surface area contributed by atoms with Gasteiger partial charge >= 0.3 is 0 Å². The van der Waals surface area contributed by atoms with E-state index >= 15 is 0 Å². The van der Waals surface area contributed by atoms with Crippen molar-refractivity contribution in [2.24, 2.45) is 4.99 Å². The molecule has 1 heterocycles. The van der Waals surface area contributed by atoms with E-state index in [2.05, 4.69) is 55.0 Å². The standard InChI is InChI=1S/C23H36N4O/c1-4-6-7-8-9-16-26(3)23(24-5-2)25-18-20-12-14-21(15-13-20)19-27-17-10-11-22(27)28/h4,12-15H,1,5-11,16-19H2,2-3H3,(H,24,25). The van der Waals surface area contributed by atoms with E-state index in [1.165, 1.54) is 30.4 Å². The highest BCUT2D eigenvalue weighted by Gasteiger charge is 2.19. The predicted molar refractivity (Wildman–Crippen MR) is 117 cm³/mol. The van der Waals surface area contributed by atoms with Crippen molar-refractivity contribution < 1.29 is 4.79 Å². The minimum absolute atomic E-state index is 0.275. The molecule has 0 atom stereocenters. The van der Waals surface area contributed by atoms with Crippen molar-refractivity contribution in [3.05, 3.63) is 48.0 Å². The van der Waals surface area contributed by atoms with E-state index in [9.17, 15) is 4.79 Å². The fraction of sp³-hybridized carbons (Fsp3) is 0.565. The van der Waals surface area contributed by atoms with Gasteiger partial charge in [0.1, 0.15) is 0 Å². The van der Waals surface area contributed by atoms with Gasteiger partial charge in [0, 0.05) is 39.6 Å². The fourth-order valence-electron chi connectivity index (χ4n) is 3.40. The van der Waals surface area contributed by atoms with Crippen LogP contribution in [0, 0.1) is 0 Å². The monoisotopic (exact) mass is 384 g/mol. The van der Waals surface area contributed by atoms with E-state index in [4.69, 9.17) is 4.99 Å². The summed E-state index contributed by atoms with van der Waals surface area (Å²) in [5.74, 6) is 1.23. The van der Waals surface area contributed by atoms with Crippen molar-refractivity contribution in [3.63, 3.8) is 0 Å². The highest BCUT2D eigenvalue weighted by molar-refractivity contribution is 5.79. The van der Waals surface area contributed by atoms with Crippen LogP contribution in [-0.2, 0) is 17.9 Å². The molecule has 1 saturated heterocycles. The summed E-state index contributed by atoms with van der Waals surface area (Å²) in [7, 11) is 2.10. The van der Waals surface area contributed by atoms with Crippen molar-refractivity contribution in [2.75, 3.05) is 26.7 Å². The van der Waals surface area contributed by atoms with Gasteiger partial charge in [0.25, 0.3) is 0 Å². The SMILES string of the molecule is C=CCCCCCN(C)C(=NCc1ccc(CN2CCCC2=O)cc1)NCC. The molecule has 0 aliphatic carbocycles. The molecule has 28 heavy (non-hydrogen) atoms. The number of hydrogen-bond donors (Lipinski definition) is 1. The van der Waals surface area contributed by atoms with Crippen LogP contribution in [0.15, 0.2) is 41.9 Å². The molecule has 0 radical (unpaired) electrons. The first kappa shape index (κ1) is 22.0. The van der Waals surface area contributed by atoms with Crippen LogP contribution in [0.3, 0.4) is 0 Å². The number of amides is 1. The zero-order chi connectivity index (χ0) is 20.2. The van der Waals surface area contributed by atoms with Crippen LogP contribution >= 0.6 is 0 Å². The van der Waals surface area contributed by atoms with Gasteiger partial charge in [-0.2, -0.15) is 0 Å². The van der Waals surface area contributed by atoms with Gasteiger partial charge in [0.05, 0.1) is 6.54 Å². The number of unbranched alkanes of at least 4 members (excludes halogenated alkanes) is 3. The number of carbonyl (C=O) groups excluding carboxylic acids is 1. The van der Waals surface area contributed by atoms with Gasteiger partial charge in [-0.3, -0.25) is 4.79 Å². The van der Waals surface area contributed by atoms with Crippen LogP contribution in [0.2, 0.25) is 0 Å². The molecule has 0 spiro atoms. The Morgan fingerprint density at radius 2 is 2.00 bits per heavy atom. The highest BCUT2D eigenvalue weighted by Crippen LogP contribution is 2.15. The lowest BCUT2D eigenvalue weighted by Crippen LogP contribution is -2.39. The quantitative estimate of drug-likeness (QED) is 0.272. The summed E-state index contributed by atoms with van der Waals surface area (Å²) >= 11 is 0. The van der Waals surface area contributed by atoms with Crippen LogP contribution in [0.4, 0.5) is 0 Å². The molecule has 0 saturated carbocycles. The van der Waals surface area contributed by atoms with E-state index < -0.39 is 0 Å². The zero-order valence-corrected chi connectivity index (χ0v) is 17.6. The number of hydrogen-bond acceptors (Lipinski definition) is 2. The Balaban J connectivity index is 1.85. The third-order valence-electron chi connectivity index (χ3n) is 5.08. The van der Waals surface area contributed by atoms with Crippen LogP contribution in [0.1, 0.15) is 56.6 Å². The summed E-state index contributed by atoms with van der Waals surface area (Å²) in [6, 6.07) is 8.48. The van der Waals surface area contributed by atoms with Gasteiger partial charge in [0.2, 0.25) is 5.91 Å². The van der Waals surface area contributed by atoms with Gasteiger partial charge in [-0.25, -0.2) is 4.99 Å². The fourth-order valence-corrected chi connectivity index (χ4v) is 3.40. The van der Waals surface area contributed by atoms with Crippen molar-refractivity contribution in [1.29, 1.82) is 0 Å². The summed E-state index contributed by atoms with van der Waals surface area (Å²) in [4.78, 5) is 20.7. The minimum atomic E-state index is 0.275. The Morgan fingerprint density at radius 1 is 1.25 bits per heavy atom. The van der Waals surface area contributed by atoms with E-state index in [-0.39, 0.29) is 5.91 Å². The van der Waals surface area contributed by atoms with Crippen LogP contribution in [0.5, 0.6) is 0 Å². The Kier molecular flexibility index (Phi) is 9.60. The molecule has 1 N–H and O–H groups in total. The van der Waals surface area contributed by atoms with Gasteiger partial charge < -0.3 is 15.1 Å². The molecule has 1 aromatic carbocycles. The predicted octanol–water partition coefficient (Wildman–Crippen LogP) is 3.95. The summed E-state index contributed by atoms with van der Waals surface area (Å²) in [6.45, 7) is 10.0. The lowest BCUT2D eigenvalue weighted by Gasteiger charge is -2.22. The minimum Gasteiger partial charge on any atom is -0.357 e. The third-order valence-corrected chi connectivity index (χ3v) is 5.08. The van der Waals surface area contributed by atoms with Crippen molar-refractivity contribution in [2.45, 2.75) is 58.5 Å². The Labute approximate surface area is 170 Å². The van der Waals surface area contributed by atoms with E-state index in [1.54, 1.807) is 0 Å². The summed E-state index contributed by atoms with van der Waals surface area (Å²) < 4.78 is 0. The van der Waals surface area contributed by atoms with E-state index in [0.717, 1.165) is 45.0 Å². The molecule has 1 amide bonds. The molecule has 1 aliphatic rings. The molecule has 1 aromatic rings. The van der Waals surface area contributed by atoms with Gasteiger partial charge in [-0.1, -0.05) is 36.8 Å². The lowest BCUT2D eigenvalue weighted by atomic mass is 10.1. The number of nitrogens with zero attached hydrogens (tertiary/aromatic N) is 3. The first-order chi connectivity index (χ1) is 13.6. The average molecular weight is 385 g/mol.